The Morgan fingerprint density at radius 3 is 1.14 bits per heavy atom. The van der Waals surface area contributed by atoms with Crippen LogP contribution in [0.4, 0.5) is 0 Å². The van der Waals surface area contributed by atoms with Gasteiger partial charge in [-0.1, -0.05) is 0 Å². The number of rotatable bonds is 0. The van der Waals surface area contributed by atoms with Crippen molar-refractivity contribution in [2.24, 2.45) is 0 Å². The molecule has 0 aliphatic rings. The molecule has 0 saturated carbocycles. The molecule has 0 aromatic carbocycles. The van der Waals surface area contributed by atoms with Crippen molar-refractivity contribution in [3.63, 3.8) is 0 Å². The molecule has 7 heteroatoms. The van der Waals surface area contributed by atoms with Crippen LogP contribution in [0.3, 0.4) is 0 Å². The van der Waals surface area contributed by atoms with Crippen LogP contribution in [0.2, 0.25) is 0 Å². The summed E-state index contributed by atoms with van der Waals surface area (Å²) in [6.45, 7) is 0. The molecule has 40 valence electrons. The topological polar surface area (TPSA) is 117 Å². The van der Waals surface area contributed by atoms with Gasteiger partial charge in [0.15, 0.2) is 0 Å². The quantitative estimate of drug-likeness (QED) is 0.275. The van der Waals surface area contributed by atoms with Crippen LogP contribution in [0.25, 0.3) is 0 Å². The van der Waals surface area contributed by atoms with Gasteiger partial charge in [-0.25, -0.2) is 0 Å². The molecule has 0 atom stereocenters. The van der Waals surface area contributed by atoms with Crippen molar-refractivity contribution in [1.82, 2.24) is 6.15 Å². The Labute approximate surface area is 51.0 Å². The molecule has 0 aromatic heterocycles. The van der Waals surface area contributed by atoms with Gasteiger partial charge in [-0.3, -0.25) is 0 Å². The first-order chi connectivity index (χ1) is 2.00. The van der Waals surface area contributed by atoms with Crippen LogP contribution in [-0.2, 0) is 21.6 Å². The summed E-state index contributed by atoms with van der Waals surface area (Å²) in [6.07, 6.45) is 0. The summed E-state index contributed by atoms with van der Waals surface area (Å²) < 4.78 is 8.55. The van der Waals surface area contributed by atoms with Crippen molar-refractivity contribution in [2.75, 3.05) is 0 Å². The predicted octanol–water partition coefficient (Wildman–Crippen LogP) is -3.31. The Kier molecular flexibility index (Phi) is 10.1. The molecular formula is FeNO4P+2. The molecule has 0 aromatic rings. The number of hydrogen-bond donors (Lipinski definition) is 0. The largest absolute Gasteiger partial charge is 3.00 e. The molecule has 7 heavy (non-hydrogen) atoms. The van der Waals surface area contributed by atoms with E-state index in [2.05, 4.69) is 0 Å². The van der Waals surface area contributed by atoms with E-state index in [4.69, 9.17) is 19.2 Å². The van der Waals surface area contributed by atoms with Crippen LogP contribution in [0.1, 0.15) is 0 Å². The van der Waals surface area contributed by atoms with Crippen molar-refractivity contribution in [3.05, 3.63) is 0 Å². The van der Waals surface area contributed by atoms with Crippen molar-refractivity contribution < 1.29 is 36.3 Å². The predicted molar refractivity (Wildman–Crippen MR) is 9.74 cm³/mol. The smallest absolute Gasteiger partial charge is 0.822 e. The summed E-state index contributed by atoms with van der Waals surface area (Å²) >= 11 is 0. The van der Waals surface area contributed by atoms with Gasteiger partial charge in [-0.05, 0) is 0 Å². The van der Waals surface area contributed by atoms with Crippen molar-refractivity contribution in [3.8, 4) is 0 Å². The Morgan fingerprint density at radius 2 is 1.14 bits per heavy atom. The summed E-state index contributed by atoms with van der Waals surface area (Å²) in [5.41, 5.74) is 0. The van der Waals surface area contributed by atoms with Crippen LogP contribution < -0.4 is 20.8 Å². The summed E-state index contributed by atoms with van der Waals surface area (Å²) in [5, 5.41) is 0. The zero-order valence-corrected chi connectivity index (χ0v) is 4.88. The van der Waals surface area contributed by atoms with Gasteiger partial charge in [-0.15, -0.1) is 0 Å². The van der Waals surface area contributed by atoms with E-state index < -0.39 is 7.82 Å². The average Bonchev–Trinajstić information content (AvgIpc) is 0.722. The first-order valence-electron chi connectivity index (χ1n) is 0.730. The normalized spacial score (nSPS) is 8.43. The minimum atomic E-state index is -5.39. The van der Waals surface area contributed by atoms with E-state index in [1.54, 1.807) is 0 Å². The Morgan fingerprint density at radius 1 is 1.14 bits per heavy atom. The maximum atomic E-state index is 8.55. The molecule has 0 aliphatic heterocycles. The second-order valence-corrected chi connectivity index (χ2v) is 1.34. The third-order valence-electron chi connectivity index (χ3n) is 0. The van der Waals surface area contributed by atoms with E-state index in [0.29, 0.717) is 0 Å². The van der Waals surface area contributed by atoms with Gasteiger partial charge in [0.1, 0.15) is 0 Å². The first-order valence-corrected chi connectivity index (χ1v) is 2.19. The molecule has 5 nitrogen and oxygen atoms in total. The van der Waals surface area contributed by atoms with Gasteiger partial charge in [0.25, 0.3) is 0 Å². The molecule has 0 unspecified atom stereocenters. The van der Waals surface area contributed by atoms with E-state index in [9.17, 15) is 0 Å². The monoisotopic (exact) mass is 165 g/mol. The summed E-state index contributed by atoms with van der Waals surface area (Å²) in [6, 6.07) is 0. The maximum Gasteiger partial charge on any atom is 3.00 e. The van der Waals surface area contributed by atoms with Crippen molar-refractivity contribution in [1.29, 1.82) is 0 Å². The second kappa shape index (κ2) is 4.50. The fourth-order valence-corrected chi connectivity index (χ4v) is 0. The zero-order chi connectivity index (χ0) is 4.50. The molecular weight excluding hydrogens is 165 g/mol. The van der Waals surface area contributed by atoms with E-state index in [1.165, 1.54) is 0 Å². The number of phosphoric acid groups is 1. The molecule has 0 aliphatic carbocycles. The Hall–Kier alpha value is 0.339. The molecule has 0 fully saturated rings. The standard InChI is InChI=1S/Fe.N.H3O4P/c;;1-5(2,3)4/h;;(H3,1,2,3,4)/q+2;+3;/p-3. The van der Waals surface area contributed by atoms with E-state index in [1.807, 2.05) is 0 Å². The fourth-order valence-electron chi connectivity index (χ4n) is 0. The van der Waals surface area contributed by atoms with E-state index in [-0.39, 0.29) is 23.2 Å². The third-order valence-corrected chi connectivity index (χ3v) is 0. The molecule has 0 amide bonds. The second-order valence-electron chi connectivity index (χ2n) is 0.447. The van der Waals surface area contributed by atoms with Crippen LogP contribution >= 0.6 is 7.82 Å². The van der Waals surface area contributed by atoms with Gasteiger partial charge < -0.3 is 19.2 Å². The van der Waals surface area contributed by atoms with Crippen LogP contribution in [-0.4, -0.2) is 0 Å². The maximum absolute atomic E-state index is 8.55. The Balaban J connectivity index is -0.0000000800. The SMILES string of the molecule is O=P([O-])([O-])[O-].[Fe+2].[N+3]. The van der Waals surface area contributed by atoms with Crippen molar-refractivity contribution in [2.45, 2.75) is 0 Å². The van der Waals surface area contributed by atoms with Crippen LogP contribution in [0, 0.1) is 0 Å². The Bertz CT molecular complexity index is 57.8. The molecule has 0 bridgehead atoms. The van der Waals surface area contributed by atoms with Crippen LogP contribution in [0.5, 0.6) is 0 Å². The van der Waals surface area contributed by atoms with Gasteiger partial charge in [0, 0.05) is 0 Å². The van der Waals surface area contributed by atoms with Gasteiger partial charge in [-0.2, -0.15) is 7.82 Å². The first kappa shape index (κ1) is 15.7. The average molecular weight is 165 g/mol. The summed E-state index contributed by atoms with van der Waals surface area (Å²) in [7, 11) is -5.39. The van der Waals surface area contributed by atoms with Gasteiger partial charge >= 0.3 is 23.2 Å². The minimum absolute atomic E-state index is 0. The number of hydrogen-bond acceptors (Lipinski definition) is 4. The molecule has 0 N–H and O–H groups in total. The van der Waals surface area contributed by atoms with Gasteiger partial charge in [0.05, 0.1) is 0 Å². The van der Waals surface area contributed by atoms with Crippen molar-refractivity contribution >= 4 is 7.82 Å². The summed E-state index contributed by atoms with van der Waals surface area (Å²) in [4.78, 5) is 25.6. The zero-order valence-electron chi connectivity index (χ0n) is 2.88. The van der Waals surface area contributed by atoms with E-state index >= 15 is 0 Å². The molecule has 0 rings (SSSR count). The minimum Gasteiger partial charge on any atom is -0.822 e. The molecule has 2 radical (unpaired) electrons. The van der Waals surface area contributed by atoms with E-state index in [0.717, 1.165) is 0 Å². The third kappa shape index (κ3) is 1040. The number of nitrogens with zero attached hydrogens (tertiary/aromatic N) is 1. The van der Waals surface area contributed by atoms with Gasteiger partial charge in [0.2, 0.25) is 0 Å². The molecule has 0 saturated heterocycles. The fraction of sp³-hybridized carbons (Fsp3) is 0. The summed E-state index contributed by atoms with van der Waals surface area (Å²) in [5.74, 6) is 0. The van der Waals surface area contributed by atoms with Crippen LogP contribution in [0.15, 0.2) is 0 Å². The molecule has 0 spiro atoms. The molecule has 0 heterocycles.